The van der Waals surface area contributed by atoms with E-state index in [0.717, 1.165) is 25.9 Å². The maximum atomic E-state index is 11.9. The van der Waals surface area contributed by atoms with Gasteiger partial charge in [0, 0.05) is 19.1 Å². The van der Waals surface area contributed by atoms with Gasteiger partial charge in [-0.15, -0.1) is 0 Å². The molecule has 0 bridgehead atoms. The molecule has 2 atom stereocenters. The molecule has 0 aromatic heterocycles. The fourth-order valence-electron chi connectivity index (χ4n) is 2.57. The first-order valence-electron chi connectivity index (χ1n) is 6.28. The van der Waals surface area contributed by atoms with Crippen molar-refractivity contribution < 1.29 is 14.8 Å². The maximum Gasteiger partial charge on any atom is 0.475 e. The first kappa shape index (κ1) is 12.8. The second-order valence-corrected chi connectivity index (χ2v) is 4.78. The molecule has 4 N–H and O–H groups in total. The Hall–Kier alpha value is -0.625. The summed E-state index contributed by atoms with van der Waals surface area (Å²) in [5.74, 6) is -0.460. The average molecular weight is 241 g/mol. The van der Waals surface area contributed by atoms with Gasteiger partial charge in [-0.25, -0.2) is 0 Å². The van der Waals surface area contributed by atoms with E-state index in [-0.39, 0.29) is 12.5 Å². The lowest BCUT2D eigenvalue weighted by atomic mass is 9.78. The Balaban J connectivity index is 1.78. The number of nitrogens with one attached hydrogen (secondary N) is 2. The summed E-state index contributed by atoms with van der Waals surface area (Å²) >= 11 is 0. The van der Waals surface area contributed by atoms with Gasteiger partial charge in [0.2, 0.25) is 5.91 Å². The topological polar surface area (TPSA) is 84.8 Å². The van der Waals surface area contributed by atoms with E-state index < -0.39 is 13.1 Å². The highest BCUT2D eigenvalue weighted by atomic mass is 16.4. The van der Waals surface area contributed by atoms with Gasteiger partial charge >= 0.3 is 7.12 Å². The number of rotatable bonds is 4. The standard InChI is InChI=1S/C10H20BN3O3/c15-10(7-13-8-3-4-12-6-8)14-5-1-2-9(14)11(16)17/h8-9,12-13,16-17H,1-7H2. The van der Waals surface area contributed by atoms with Gasteiger partial charge < -0.3 is 25.6 Å². The van der Waals surface area contributed by atoms with Crippen LogP contribution in [0.1, 0.15) is 19.3 Å². The van der Waals surface area contributed by atoms with E-state index >= 15 is 0 Å². The molecule has 2 heterocycles. The Morgan fingerprint density at radius 1 is 1.47 bits per heavy atom. The van der Waals surface area contributed by atoms with Crippen molar-refractivity contribution in [1.82, 2.24) is 15.5 Å². The summed E-state index contributed by atoms with van der Waals surface area (Å²) in [7, 11) is -1.42. The average Bonchev–Trinajstić information content (AvgIpc) is 2.96. The molecule has 0 spiro atoms. The third-order valence-electron chi connectivity index (χ3n) is 3.57. The van der Waals surface area contributed by atoms with Gasteiger partial charge in [-0.05, 0) is 25.8 Å². The summed E-state index contributed by atoms with van der Waals surface area (Å²) < 4.78 is 0. The lowest BCUT2D eigenvalue weighted by Gasteiger charge is -2.24. The van der Waals surface area contributed by atoms with E-state index in [2.05, 4.69) is 10.6 Å². The van der Waals surface area contributed by atoms with Gasteiger partial charge in [0.15, 0.2) is 0 Å². The minimum absolute atomic E-state index is 0.0347. The van der Waals surface area contributed by atoms with Gasteiger partial charge in [-0.1, -0.05) is 0 Å². The fourth-order valence-corrected chi connectivity index (χ4v) is 2.57. The molecule has 96 valence electrons. The molecule has 17 heavy (non-hydrogen) atoms. The van der Waals surface area contributed by atoms with Crippen LogP contribution < -0.4 is 10.6 Å². The largest absolute Gasteiger partial charge is 0.475 e. The summed E-state index contributed by atoms with van der Waals surface area (Å²) in [4.78, 5) is 13.5. The molecule has 0 saturated carbocycles. The molecular formula is C10H20BN3O3. The molecule has 1 amide bonds. The summed E-state index contributed by atoms with van der Waals surface area (Å²) in [6, 6.07) is 0.360. The minimum Gasteiger partial charge on any atom is -0.426 e. The number of hydrogen-bond donors (Lipinski definition) is 4. The summed E-state index contributed by atoms with van der Waals surface area (Å²) in [6.07, 6.45) is 2.56. The van der Waals surface area contributed by atoms with Crippen molar-refractivity contribution in [1.29, 1.82) is 0 Å². The highest BCUT2D eigenvalue weighted by Crippen LogP contribution is 2.17. The van der Waals surface area contributed by atoms with Crippen LogP contribution in [0.2, 0.25) is 0 Å². The van der Waals surface area contributed by atoms with Crippen LogP contribution in [0, 0.1) is 0 Å². The van der Waals surface area contributed by atoms with E-state index in [4.69, 9.17) is 0 Å². The molecule has 2 rings (SSSR count). The SMILES string of the molecule is O=C(CNC1CCNC1)N1CCCC1B(O)O. The van der Waals surface area contributed by atoms with E-state index in [1.54, 1.807) is 4.90 Å². The highest BCUT2D eigenvalue weighted by molar-refractivity contribution is 6.43. The van der Waals surface area contributed by atoms with Crippen LogP contribution in [0.25, 0.3) is 0 Å². The van der Waals surface area contributed by atoms with Gasteiger partial charge in [-0.2, -0.15) is 0 Å². The minimum atomic E-state index is -1.42. The van der Waals surface area contributed by atoms with E-state index in [1.807, 2.05) is 0 Å². The predicted octanol–water partition coefficient (Wildman–Crippen LogP) is -2.06. The number of amides is 1. The second kappa shape index (κ2) is 5.81. The number of nitrogens with zero attached hydrogens (tertiary/aromatic N) is 1. The van der Waals surface area contributed by atoms with Crippen LogP contribution in [0.3, 0.4) is 0 Å². The van der Waals surface area contributed by atoms with Crippen molar-refractivity contribution in [3.63, 3.8) is 0 Å². The van der Waals surface area contributed by atoms with Crippen LogP contribution in [0.5, 0.6) is 0 Å². The number of carbonyl (C=O) groups excluding carboxylic acids is 1. The predicted molar refractivity (Wildman–Crippen MR) is 64.2 cm³/mol. The van der Waals surface area contributed by atoms with Gasteiger partial charge in [0.25, 0.3) is 0 Å². The fraction of sp³-hybridized carbons (Fsp3) is 0.900. The summed E-state index contributed by atoms with van der Waals surface area (Å²) in [6.45, 7) is 2.81. The third kappa shape index (κ3) is 3.19. The molecule has 0 aromatic carbocycles. The Labute approximate surface area is 102 Å². The van der Waals surface area contributed by atoms with Crippen molar-refractivity contribution in [3.8, 4) is 0 Å². The van der Waals surface area contributed by atoms with Crippen LogP contribution in [0.4, 0.5) is 0 Å². The molecule has 2 saturated heterocycles. The van der Waals surface area contributed by atoms with Crippen LogP contribution in [0.15, 0.2) is 0 Å². The number of carbonyl (C=O) groups is 1. The molecular weight excluding hydrogens is 221 g/mol. The Kier molecular flexibility index (Phi) is 4.39. The Bertz CT molecular complexity index is 272. The lowest BCUT2D eigenvalue weighted by molar-refractivity contribution is -0.130. The van der Waals surface area contributed by atoms with Crippen LogP contribution in [-0.2, 0) is 4.79 Å². The third-order valence-corrected chi connectivity index (χ3v) is 3.57. The van der Waals surface area contributed by atoms with Crippen molar-refractivity contribution in [2.45, 2.75) is 31.2 Å². The zero-order valence-electron chi connectivity index (χ0n) is 9.93. The monoisotopic (exact) mass is 241 g/mol. The van der Waals surface area contributed by atoms with E-state index in [9.17, 15) is 14.8 Å². The van der Waals surface area contributed by atoms with Crippen molar-refractivity contribution >= 4 is 13.0 Å². The molecule has 0 aromatic rings. The molecule has 2 aliphatic rings. The molecule has 2 fully saturated rings. The van der Waals surface area contributed by atoms with Gasteiger partial charge in [0.1, 0.15) is 0 Å². The van der Waals surface area contributed by atoms with Gasteiger partial charge in [-0.3, -0.25) is 4.79 Å². The normalized spacial score (nSPS) is 28.7. The Morgan fingerprint density at radius 2 is 2.29 bits per heavy atom. The van der Waals surface area contributed by atoms with Crippen LogP contribution >= 0.6 is 0 Å². The molecule has 0 radical (unpaired) electrons. The highest BCUT2D eigenvalue weighted by Gasteiger charge is 2.36. The molecule has 2 aliphatic heterocycles. The van der Waals surface area contributed by atoms with Gasteiger partial charge in [0.05, 0.1) is 12.5 Å². The summed E-state index contributed by atoms with van der Waals surface area (Å²) in [5, 5.41) is 24.8. The number of likely N-dealkylation sites (tertiary alicyclic amines) is 1. The van der Waals surface area contributed by atoms with Crippen molar-refractivity contribution in [3.05, 3.63) is 0 Å². The van der Waals surface area contributed by atoms with E-state index in [1.165, 1.54) is 0 Å². The first-order chi connectivity index (χ1) is 8.18. The van der Waals surface area contributed by atoms with Crippen molar-refractivity contribution in [2.75, 3.05) is 26.2 Å². The van der Waals surface area contributed by atoms with Crippen LogP contribution in [-0.4, -0.2) is 66.1 Å². The molecule has 2 unspecified atom stereocenters. The molecule has 0 aliphatic carbocycles. The molecule has 7 heteroatoms. The Morgan fingerprint density at radius 3 is 2.94 bits per heavy atom. The second-order valence-electron chi connectivity index (χ2n) is 4.78. The van der Waals surface area contributed by atoms with Crippen molar-refractivity contribution in [2.24, 2.45) is 0 Å². The zero-order valence-corrected chi connectivity index (χ0v) is 9.93. The summed E-state index contributed by atoms with van der Waals surface area (Å²) in [5.41, 5.74) is 0. The van der Waals surface area contributed by atoms with E-state index in [0.29, 0.717) is 19.0 Å². The number of hydrogen-bond acceptors (Lipinski definition) is 5. The maximum absolute atomic E-state index is 11.9. The smallest absolute Gasteiger partial charge is 0.426 e. The first-order valence-corrected chi connectivity index (χ1v) is 6.28. The molecule has 6 nitrogen and oxygen atoms in total. The zero-order chi connectivity index (χ0) is 12.3. The lowest BCUT2D eigenvalue weighted by Crippen LogP contribution is -2.49. The quantitative estimate of drug-likeness (QED) is 0.425.